The fourth-order valence-electron chi connectivity index (χ4n) is 11.0. The Morgan fingerprint density at radius 1 is 0.917 bits per heavy atom. The maximum atomic E-state index is 15.2. The van der Waals surface area contributed by atoms with Crippen LogP contribution in [-0.2, 0) is 61.9 Å². The number of alkyl carbamates (subject to hydrolysis) is 1. The number of amides is 3. The predicted molar refractivity (Wildman–Crippen MR) is 249 cm³/mol. The zero-order valence-corrected chi connectivity index (χ0v) is 41.4. The number of benzene rings is 2. The minimum atomic E-state index is -2.47. The third-order valence-electron chi connectivity index (χ3n) is 14.6. The molecule has 2 aliphatic heterocycles. The van der Waals surface area contributed by atoms with Crippen LogP contribution in [0, 0.1) is 16.7 Å². The van der Waals surface area contributed by atoms with Gasteiger partial charge in [0.25, 0.3) is 11.8 Å². The summed E-state index contributed by atoms with van der Waals surface area (Å²) in [6.45, 7) is 10.6. The average molecular weight is 1000 g/mol. The van der Waals surface area contributed by atoms with Crippen molar-refractivity contribution in [1.82, 2.24) is 10.2 Å². The quantitative estimate of drug-likeness (QED) is 0.0656. The first-order valence-corrected chi connectivity index (χ1v) is 23.7. The van der Waals surface area contributed by atoms with Gasteiger partial charge >= 0.3 is 30.0 Å². The van der Waals surface area contributed by atoms with E-state index in [1.54, 1.807) is 69.3 Å². The average Bonchev–Trinajstić information content (AvgIpc) is 3.63. The van der Waals surface area contributed by atoms with Crippen LogP contribution in [0.1, 0.15) is 96.6 Å². The summed E-state index contributed by atoms with van der Waals surface area (Å²) in [4.78, 5) is 110. The molecule has 20 nitrogen and oxygen atoms in total. The van der Waals surface area contributed by atoms with E-state index in [0.717, 1.165) is 24.0 Å². The van der Waals surface area contributed by atoms with Crippen LogP contribution in [0.15, 0.2) is 84.0 Å². The number of Topliss-reactive ketones (excluding diaryl/α,β-unsaturated/α-hetero) is 1. The number of aliphatic hydroxyl groups excluding tert-OH is 2. The first-order valence-electron chi connectivity index (χ1n) is 23.7. The van der Waals surface area contributed by atoms with Crippen LogP contribution in [0.25, 0.3) is 0 Å². The molecule has 2 aromatic rings. The highest BCUT2D eigenvalue weighted by Crippen LogP contribution is 2.64. The van der Waals surface area contributed by atoms with Crippen LogP contribution < -0.4 is 5.32 Å². The Hall–Kier alpha value is -6.32. The van der Waals surface area contributed by atoms with E-state index in [1.807, 2.05) is 0 Å². The molecule has 2 bridgehead atoms. The van der Waals surface area contributed by atoms with Gasteiger partial charge in [-0.1, -0.05) is 62.4 Å². The number of aliphatic hydroxyl groups is 3. The molecular weight excluding hydrogens is 941 g/mol. The number of ketones is 1. The summed E-state index contributed by atoms with van der Waals surface area (Å²) in [5.74, 6) is -7.76. The summed E-state index contributed by atoms with van der Waals surface area (Å²) in [7, 11) is 0. The van der Waals surface area contributed by atoms with E-state index in [0.29, 0.717) is 0 Å². The van der Waals surface area contributed by atoms with Gasteiger partial charge in [-0.15, -0.1) is 0 Å². The van der Waals surface area contributed by atoms with E-state index in [2.05, 4.69) is 5.32 Å². The van der Waals surface area contributed by atoms with E-state index >= 15 is 9.59 Å². The van der Waals surface area contributed by atoms with Crippen LogP contribution in [0.2, 0.25) is 0 Å². The molecular formula is C52H62N2O18. The Morgan fingerprint density at radius 3 is 2.12 bits per heavy atom. The second kappa shape index (κ2) is 20.3. The highest BCUT2D eigenvalue weighted by Gasteiger charge is 2.78. The second-order valence-electron chi connectivity index (χ2n) is 20.6. The Balaban J connectivity index is 1.30. The fourth-order valence-corrected chi connectivity index (χ4v) is 11.0. The van der Waals surface area contributed by atoms with Gasteiger partial charge < -0.3 is 53.8 Å². The molecule has 388 valence electrons. The lowest BCUT2D eigenvalue weighted by atomic mass is 9.44. The lowest BCUT2D eigenvalue weighted by Crippen LogP contribution is -2.81. The van der Waals surface area contributed by atoms with Crippen LogP contribution in [0.5, 0.6) is 0 Å². The van der Waals surface area contributed by atoms with E-state index in [1.165, 1.54) is 39.8 Å². The van der Waals surface area contributed by atoms with E-state index < -0.39 is 137 Å². The Kier molecular flexibility index (Phi) is 15.1. The van der Waals surface area contributed by atoms with Gasteiger partial charge in [0.2, 0.25) is 6.10 Å². The van der Waals surface area contributed by atoms with E-state index in [4.69, 9.17) is 33.2 Å². The topological polar surface area (TPSA) is 277 Å². The molecule has 72 heavy (non-hydrogen) atoms. The Morgan fingerprint density at radius 2 is 1.54 bits per heavy atom. The lowest BCUT2D eigenvalue weighted by molar-refractivity contribution is -0.346. The molecule has 3 amide bonds. The molecule has 1 unspecified atom stereocenters. The van der Waals surface area contributed by atoms with Crippen molar-refractivity contribution in [2.45, 2.75) is 134 Å². The number of imide groups is 1. The Labute approximate surface area is 415 Å². The largest absolute Gasteiger partial charge is 0.455 e. The molecule has 0 radical (unpaired) electrons. The van der Waals surface area contributed by atoms with Crippen LogP contribution >= 0.6 is 0 Å². The minimum Gasteiger partial charge on any atom is -0.455 e. The third kappa shape index (κ3) is 9.94. The molecule has 2 heterocycles. The minimum absolute atomic E-state index is 0.00374. The third-order valence-corrected chi connectivity index (χ3v) is 14.6. The maximum Gasteiger partial charge on any atom is 0.408 e. The summed E-state index contributed by atoms with van der Waals surface area (Å²) >= 11 is 0. The van der Waals surface area contributed by atoms with Crippen molar-refractivity contribution >= 4 is 47.6 Å². The van der Waals surface area contributed by atoms with Gasteiger partial charge in [-0.05, 0) is 69.9 Å². The van der Waals surface area contributed by atoms with Gasteiger partial charge in [0.1, 0.15) is 48.3 Å². The monoisotopic (exact) mass is 1000 g/mol. The number of ether oxygens (including phenoxy) is 7. The molecule has 11 atom stereocenters. The number of nitrogens with one attached hydrogen (secondary N) is 1. The van der Waals surface area contributed by atoms with Crippen molar-refractivity contribution in [3.8, 4) is 0 Å². The van der Waals surface area contributed by atoms with Gasteiger partial charge in [0.05, 0.1) is 29.6 Å². The number of carbonyl (C=O) groups excluding carboxylic acids is 8. The van der Waals surface area contributed by atoms with Crippen molar-refractivity contribution < 1.29 is 86.8 Å². The summed E-state index contributed by atoms with van der Waals surface area (Å²) in [5, 5.41) is 40.8. The fraction of sp³-hybridized carbons (Fsp3) is 0.538. The highest BCUT2D eigenvalue weighted by atomic mass is 16.6. The standard InChI is InChI=1S/C52H62N2O18/c1-28-32(68-46(63)41(39(30-16-11-9-12-17-30)53-47(64)72-48(3,4)5)69-37(59)26-66-23-15-22-54-35(57)20-21-36(54)58)25-52(65)44(70-45(62)31-18-13-10-14-19-31)42-50(8,43(61)40(60)38(28)49(52,6)7)33(56)24-34-51(42,27-67-34)71-29(2)55/h9-14,16-21,32-34,39-42,44,56,60,65H,15,22-27H2,1-8H3,(H,53,64)/t32-,33-,34+,39?,40+,41+,42-,44-,50+,51-,52+/m0/s1. The number of fused-ring (bicyclic) bond motifs is 5. The van der Waals surface area contributed by atoms with Crippen molar-refractivity contribution in [1.29, 1.82) is 0 Å². The van der Waals surface area contributed by atoms with Crippen molar-refractivity contribution in [2.24, 2.45) is 16.7 Å². The summed E-state index contributed by atoms with van der Waals surface area (Å²) in [6, 6.07) is 14.2. The first kappa shape index (κ1) is 53.5. The second-order valence-corrected chi connectivity index (χ2v) is 20.6. The number of hydrogen-bond acceptors (Lipinski definition) is 18. The molecule has 1 saturated heterocycles. The molecule has 5 aliphatic rings. The highest BCUT2D eigenvalue weighted by molar-refractivity contribution is 6.12. The summed E-state index contributed by atoms with van der Waals surface area (Å²) in [6.07, 6.45) is -9.77. The molecule has 3 aliphatic carbocycles. The van der Waals surface area contributed by atoms with Crippen molar-refractivity contribution in [3.63, 3.8) is 0 Å². The van der Waals surface area contributed by atoms with Gasteiger partial charge in [-0.3, -0.25) is 24.1 Å². The zero-order valence-electron chi connectivity index (χ0n) is 41.4. The van der Waals surface area contributed by atoms with E-state index in [-0.39, 0.29) is 54.9 Å². The summed E-state index contributed by atoms with van der Waals surface area (Å²) in [5.41, 5.74) is -8.91. The molecule has 2 aromatic carbocycles. The number of rotatable bonds is 15. The molecule has 0 spiro atoms. The lowest BCUT2D eigenvalue weighted by Gasteiger charge is -2.67. The number of hydrogen-bond donors (Lipinski definition) is 4. The molecule has 2 saturated carbocycles. The first-order chi connectivity index (χ1) is 33.8. The molecule has 4 N–H and O–H groups in total. The predicted octanol–water partition coefficient (Wildman–Crippen LogP) is 3.14. The van der Waals surface area contributed by atoms with Crippen LogP contribution in [0.4, 0.5) is 4.79 Å². The molecule has 20 heteroatoms. The number of carbonyl (C=O) groups is 8. The van der Waals surface area contributed by atoms with Crippen molar-refractivity contribution in [3.05, 3.63) is 95.1 Å². The molecule has 3 fully saturated rings. The number of nitrogens with zero attached hydrogens (tertiary/aromatic N) is 1. The Bertz CT molecular complexity index is 2520. The van der Waals surface area contributed by atoms with Gasteiger partial charge in [-0.25, -0.2) is 19.2 Å². The normalized spacial score (nSPS) is 30.3. The molecule has 7 rings (SSSR count). The van der Waals surface area contributed by atoms with Gasteiger partial charge in [-0.2, -0.15) is 0 Å². The zero-order chi connectivity index (χ0) is 52.7. The SMILES string of the molecule is CC(=O)O[C@@]12CO[C@@H]1C[C@H](O)[C@@]1(C)C(=O)[C@H](O)C3=C(C)[C@@H](OC(=O)[C@H](OC(=O)COCCCN4C(=O)C=CC4=O)C(NC(=O)OC(C)(C)C)c4ccccc4)C[C@@](O)([C@@H](OC(=O)c4ccccc4)[C@H]21)C3(C)C. The molecule has 0 aromatic heterocycles. The summed E-state index contributed by atoms with van der Waals surface area (Å²) < 4.78 is 41.4. The maximum absolute atomic E-state index is 15.2. The van der Waals surface area contributed by atoms with Crippen LogP contribution in [0.3, 0.4) is 0 Å². The van der Waals surface area contributed by atoms with Crippen molar-refractivity contribution in [2.75, 3.05) is 26.4 Å². The van der Waals surface area contributed by atoms with E-state index in [9.17, 15) is 44.1 Å². The van der Waals surface area contributed by atoms with Gasteiger partial charge in [0, 0.05) is 50.5 Å². The number of esters is 4. The van der Waals surface area contributed by atoms with Gasteiger partial charge in [0.15, 0.2) is 11.4 Å². The smallest absolute Gasteiger partial charge is 0.408 e. The van der Waals surface area contributed by atoms with Crippen LogP contribution in [-0.4, -0.2) is 148 Å².